The number of hydrogen-bond acceptors (Lipinski definition) is 7. The number of piperidine rings is 1. The van der Waals surface area contributed by atoms with Crippen LogP contribution in [0.25, 0.3) is 0 Å². The minimum absolute atomic E-state index is 0.107. The van der Waals surface area contributed by atoms with Crippen LogP contribution in [0.4, 0.5) is 17.1 Å². The van der Waals surface area contributed by atoms with Gasteiger partial charge in [0.25, 0.3) is 11.8 Å². The Hall–Kier alpha value is -3.88. The van der Waals surface area contributed by atoms with Crippen LogP contribution in [0.15, 0.2) is 42.5 Å². The third kappa shape index (κ3) is 2.92. The van der Waals surface area contributed by atoms with Gasteiger partial charge in [0.05, 0.1) is 16.8 Å². The molecule has 3 N–H and O–H groups in total. The molecule has 0 radical (unpaired) electrons. The van der Waals surface area contributed by atoms with Crippen LogP contribution in [0.2, 0.25) is 0 Å². The van der Waals surface area contributed by atoms with Crippen molar-refractivity contribution in [1.29, 1.82) is 0 Å². The van der Waals surface area contributed by atoms with Gasteiger partial charge in [-0.2, -0.15) is 0 Å². The molecule has 2 aromatic carbocycles. The van der Waals surface area contributed by atoms with Crippen molar-refractivity contribution in [3.8, 4) is 0 Å². The van der Waals surface area contributed by atoms with Crippen LogP contribution in [0.3, 0.4) is 0 Å². The highest BCUT2D eigenvalue weighted by Gasteiger charge is 2.53. The highest BCUT2D eigenvalue weighted by molar-refractivity contribution is 6.25. The number of nitrogens with two attached hydrogens (primary N) is 1. The van der Waals surface area contributed by atoms with E-state index in [2.05, 4.69) is 15.1 Å². The smallest absolute Gasteiger partial charge is 0.264 e. The molecule has 0 aliphatic carbocycles. The van der Waals surface area contributed by atoms with Gasteiger partial charge >= 0.3 is 0 Å². The summed E-state index contributed by atoms with van der Waals surface area (Å²) in [5.41, 5.74) is 9.25. The first kappa shape index (κ1) is 19.8. The third-order valence-electron chi connectivity index (χ3n) is 7.15. The summed E-state index contributed by atoms with van der Waals surface area (Å²) < 4.78 is 0. The van der Waals surface area contributed by atoms with E-state index in [1.54, 1.807) is 12.1 Å². The van der Waals surface area contributed by atoms with Gasteiger partial charge in [0.15, 0.2) is 0 Å². The normalized spacial score (nSPS) is 23.4. The number of carbonyl (C=O) groups is 4. The lowest BCUT2D eigenvalue weighted by atomic mass is 9.72. The number of hydrogen-bond donors (Lipinski definition) is 2. The van der Waals surface area contributed by atoms with Crippen molar-refractivity contribution in [1.82, 2.24) is 10.2 Å². The largest absolute Gasteiger partial charge is 0.399 e. The first-order chi connectivity index (χ1) is 15.8. The van der Waals surface area contributed by atoms with E-state index in [4.69, 9.17) is 5.73 Å². The quantitative estimate of drug-likeness (QED) is 0.535. The minimum Gasteiger partial charge on any atom is -0.399 e. The number of rotatable bonds is 3. The Balaban J connectivity index is 1.19. The second kappa shape index (κ2) is 6.81. The van der Waals surface area contributed by atoms with Crippen molar-refractivity contribution in [2.75, 3.05) is 41.7 Å². The van der Waals surface area contributed by atoms with Crippen LogP contribution < -0.4 is 20.9 Å². The standard InChI is InChI=1S/C24H23N5O4/c25-14-4-6-15(7-5-14)27-10-24(11-27)12-28(13-24)17-3-1-2-16-20(17)23(33)29(22(16)32)18-8-9-19(30)26-21(18)31/h1-7,18H,8-13,25H2,(H,26,30,31). The lowest BCUT2D eigenvalue weighted by Crippen LogP contribution is -2.72. The van der Waals surface area contributed by atoms with E-state index < -0.39 is 23.8 Å². The summed E-state index contributed by atoms with van der Waals surface area (Å²) in [4.78, 5) is 55.6. The Morgan fingerprint density at radius 2 is 1.58 bits per heavy atom. The molecular weight excluding hydrogens is 422 g/mol. The minimum atomic E-state index is -0.953. The molecule has 0 saturated carbocycles. The molecule has 0 bridgehead atoms. The number of nitrogens with zero attached hydrogens (tertiary/aromatic N) is 3. The molecule has 4 aliphatic rings. The van der Waals surface area contributed by atoms with Gasteiger partial charge in [-0.15, -0.1) is 0 Å². The summed E-state index contributed by atoms with van der Waals surface area (Å²) in [7, 11) is 0. The molecule has 4 heterocycles. The maximum Gasteiger partial charge on any atom is 0.264 e. The maximum absolute atomic E-state index is 13.3. The first-order valence-electron chi connectivity index (χ1n) is 11.1. The molecule has 168 valence electrons. The lowest BCUT2D eigenvalue weighted by Gasteiger charge is -2.61. The number of imide groups is 2. The molecule has 4 amide bonds. The topological polar surface area (TPSA) is 116 Å². The molecule has 2 aromatic rings. The van der Waals surface area contributed by atoms with Crippen molar-refractivity contribution in [3.05, 3.63) is 53.6 Å². The molecule has 0 aromatic heterocycles. The monoisotopic (exact) mass is 445 g/mol. The van der Waals surface area contributed by atoms with Crippen molar-refractivity contribution < 1.29 is 19.2 Å². The van der Waals surface area contributed by atoms with E-state index >= 15 is 0 Å². The summed E-state index contributed by atoms with van der Waals surface area (Å²) in [6, 6.07) is 12.2. The van der Waals surface area contributed by atoms with Crippen molar-refractivity contribution in [2.24, 2.45) is 5.41 Å². The van der Waals surface area contributed by atoms with Gasteiger partial charge in [-0.25, -0.2) is 0 Å². The van der Waals surface area contributed by atoms with Gasteiger partial charge in [-0.3, -0.25) is 29.4 Å². The van der Waals surface area contributed by atoms with Crippen LogP contribution in [0.5, 0.6) is 0 Å². The zero-order chi connectivity index (χ0) is 22.9. The van der Waals surface area contributed by atoms with E-state index in [1.165, 1.54) is 0 Å². The van der Waals surface area contributed by atoms with Gasteiger partial charge in [0, 0.05) is 49.4 Å². The molecule has 1 spiro atoms. The second-order valence-electron chi connectivity index (χ2n) is 9.45. The number of benzene rings is 2. The molecule has 9 heteroatoms. The predicted octanol–water partition coefficient (Wildman–Crippen LogP) is 0.997. The molecule has 9 nitrogen and oxygen atoms in total. The summed E-state index contributed by atoms with van der Waals surface area (Å²) >= 11 is 0. The molecule has 4 aliphatic heterocycles. The lowest BCUT2D eigenvalue weighted by molar-refractivity contribution is -0.136. The average molecular weight is 445 g/mol. The fourth-order valence-electron chi connectivity index (χ4n) is 5.53. The SMILES string of the molecule is Nc1ccc(N2CC3(C2)CN(c2cccc4c2C(=O)N(C2CCC(=O)NC2=O)C4=O)C3)cc1. The molecule has 1 unspecified atom stereocenters. The number of amides is 4. The number of anilines is 3. The highest BCUT2D eigenvalue weighted by Crippen LogP contribution is 2.46. The highest BCUT2D eigenvalue weighted by atomic mass is 16.2. The van der Waals surface area contributed by atoms with Gasteiger partial charge in [-0.05, 0) is 42.8 Å². The van der Waals surface area contributed by atoms with E-state index in [-0.39, 0.29) is 24.2 Å². The number of carbonyl (C=O) groups excluding carboxylic acids is 4. The number of nitrogen functional groups attached to an aromatic ring is 1. The van der Waals surface area contributed by atoms with Gasteiger partial charge < -0.3 is 15.5 Å². The number of nitrogens with one attached hydrogen (secondary N) is 1. The van der Waals surface area contributed by atoms with Crippen molar-refractivity contribution >= 4 is 40.7 Å². The Morgan fingerprint density at radius 1 is 0.879 bits per heavy atom. The average Bonchev–Trinajstić information content (AvgIpc) is 2.98. The van der Waals surface area contributed by atoms with Gasteiger partial charge in [0.2, 0.25) is 11.8 Å². The Kier molecular flexibility index (Phi) is 4.08. The molecule has 33 heavy (non-hydrogen) atoms. The molecule has 3 fully saturated rings. The van der Waals surface area contributed by atoms with Crippen LogP contribution in [-0.2, 0) is 9.59 Å². The summed E-state index contributed by atoms with van der Waals surface area (Å²) in [6.45, 7) is 3.46. The summed E-state index contributed by atoms with van der Waals surface area (Å²) in [5.74, 6) is -1.91. The van der Waals surface area contributed by atoms with E-state index in [9.17, 15) is 19.2 Å². The third-order valence-corrected chi connectivity index (χ3v) is 7.15. The molecule has 3 saturated heterocycles. The zero-order valence-electron chi connectivity index (χ0n) is 17.9. The number of fused-ring (bicyclic) bond motifs is 1. The zero-order valence-corrected chi connectivity index (χ0v) is 17.9. The van der Waals surface area contributed by atoms with Crippen LogP contribution in [0.1, 0.15) is 33.6 Å². The van der Waals surface area contributed by atoms with E-state index in [0.717, 1.165) is 48.1 Å². The van der Waals surface area contributed by atoms with Crippen LogP contribution >= 0.6 is 0 Å². The van der Waals surface area contributed by atoms with Crippen LogP contribution in [0, 0.1) is 5.41 Å². The maximum atomic E-state index is 13.3. The predicted molar refractivity (Wildman–Crippen MR) is 121 cm³/mol. The van der Waals surface area contributed by atoms with Crippen molar-refractivity contribution in [2.45, 2.75) is 18.9 Å². The first-order valence-corrected chi connectivity index (χ1v) is 11.1. The van der Waals surface area contributed by atoms with Crippen molar-refractivity contribution in [3.63, 3.8) is 0 Å². The molecule has 1 atom stereocenters. The fourth-order valence-corrected chi connectivity index (χ4v) is 5.53. The Morgan fingerprint density at radius 3 is 2.27 bits per heavy atom. The summed E-state index contributed by atoms with van der Waals surface area (Å²) in [6.07, 6.45) is 0.259. The molecular formula is C24H23N5O4. The Labute approximate surface area is 190 Å². The van der Waals surface area contributed by atoms with E-state index in [0.29, 0.717) is 11.1 Å². The molecule has 6 rings (SSSR count). The fraction of sp³-hybridized carbons (Fsp3) is 0.333. The van der Waals surface area contributed by atoms with E-state index in [1.807, 2.05) is 30.3 Å². The van der Waals surface area contributed by atoms with Gasteiger partial charge in [0.1, 0.15) is 6.04 Å². The van der Waals surface area contributed by atoms with Crippen LogP contribution in [-0.4, -0.2) is 60.7 Å². The van der Waals surface area contributed by atoms with Gasteiger partial charge in [-0.1, -0.05) is 6.07 Å². The summed E-state index contributed by atoms with van der Waals surface area (Å²) in [5, 5.41) is 2.23. The second-order valence-corrected chi connectivity index (χ2v) is 9.45. The Bertz CT molecular complexity index is 1210.